The molecule has 0 radical (unpaired) electrons. The van der Waals surface area contributed by atoms with Crippen molar-refractivity contribution >= 4 is 11.6 Å². The number of morpholine rings is 1. The quantitative estimate of drug-likeness (QED) is 0.580. The number of hydrogen-bond acceptors (Lipinski definition) is 4. The van der Waals surface area contributed by atoms with Gasteiger partial charge in [0.05, 0.1) is 18.9 Å². The predicted molar refractivity (Wildman–Crippen MR) is 54.2 cm³/mol. The summed E-state index contributed by atoms with van der Waals surface area (Å²) in [6, 6.07) is 0. The third-order valence-electron chi connectivity index (χ3n) is 2.61. The molecule has 15 heavy (non-hydrogen) atoms. The van der Waals surface area contributed by atoms with Gasteiger partial charge in [-0.3, -0.25) is 9.59 Å². The molecule has 1 aliphatic heterocycles. The average molecular weight is 207 g/mol. The predicted octanol–water partition coefficient (Wildman–Crippen LogP) is 0.301. The van der Waals surface area contributed by atoms with Crippen molar-refractivity contribution in [3.8, 4) is 0 Å². The van der Waals surface area contributed by atoms with Gasteiger partial charge in [0.25, 0.3) is 0 Å². The van der Waals surface area contributed by atoms with E-state index < -0.39 is 0 Å². The van der Waals surface area contributed by atoms with E-state index in [4.69, 9.17) is 4.74 Å². The van der Waals surface area contributed by atoms with Crippen molar-refractivity contribution < 1.29 is 14.3 Å². The Morgan fingerprint density at radius 1 is 1.13 bits per heavy atom. The number of nitrogens with zero attached hydrogens (tertiary/aromatic N) is 1. The van der Waals surface area contributed by atoms with Crippen LogP contribution in [-0.2, 0) is 14.3 Å². The lowest BCUT2D eigenvalue weighted by molar-refractivity contribution is -0.116. The van der Waals surface area contributed by atoms with Gasteiger partial charge in [0, 0.05) is 24.7 Å². The summed E-state index contributed by atoms with van der Waals surface area (Å²) in [5, 5.41) is 0. The normalized spacial score (nSPS) is 22.6. The third kappa shape index (κ3) is 1.99. The molecule has 0 spiro atoms. The maximum absolute atomic E-state index is 11.7. The second kappa shape index (κ2) is 3.98. The van der Waals surface area contributed by atoms with Crippen LogP contribution < -0.4 is 0 Å². The first-order valence-corrected chi connectivity index (χ1v) is 5.00. The summed E-state index contributed by atoms with van der Waals surface area (Å²) in [6.45, 7) is 4.24. The number of ether oxygens (including phenoxy) is 1. The molecule has 80 valence electrons. The summed E-state index contributed by atoms with van der Waals surface area (Å²) in [7, 11) is 0. The van der Waals surface area contributed by atoms with E-state index in [-0.39, 0.29) is 11.6 Å². The van der Waals surface area contributed by atoms with Crippen molar-refractivity contribution in [1.29, 1.82) is 0 Å². The van der Waals surface area contributed by atoms with E-state index in [1.54, 1.807) is 6.92 Å². The lowest BCUT2D eigenvalue weighted by Crippen LogP contribution is -2.38. The molecule has 4 heteroatoms. The standard InChI is InChI=1S/C11H13NO3/c1-8-6-11(14)9(7-10(8)13)12-2-4-15-5-3-12/h6-7H,2-5H2,1H3. The van der Waals surface area contributed by atoms with Crippen LogP contribution in [0.3, 0.4) is 0 Å². The molecular formula is C11H13NO3. The second-order valence-electron chi connectivity index (χ2n) is 3.68. The number of allylic oxidation sites excluding steroid dienone is 3. The Balaban J connectivity index is 2.18. The number of carbonyl (C=O) groups excluding carboxylic acids is 2. The molecule has 1 fully saturated rings. The van der Waals surface area contributed by atoms with E-state index >= 15 is 0 Å². The van der Waals surface area contributed by atoms with Crippen LogP contribution in [0.2, 0.25) is 0 Å². The minimum atomic E-state index is -0.0750. The summed E-state index contributed by atoms with van der Waals surface area (Å²) in [5.74, 6) is -0.148. The molecule has 0 aromatic rings. The summed E-state index contributed by atoms with van der Waals surface area (Å²) in [4.78, 5) is 25.0. The first kappa shape index (κ1) is 10.1. The molecule has 1 aliphatic carbocycles. The SMILES string of the molecule is CC1=CC(=O)C(N2CCOCC2)=CC1=O. The van der Waals surface area contributed by atoms with Gasteiger partial charge in [0.2, 0.25) is 5.78 Å². The molecule has 0 atom stereocenters. The minimum Gasteiger partial charge on any atom is -0.378 e. The number of carbonyl (C=O) groups is 2. The van der Waals surface area contributed by atoms with E-state index in [0.717, 1.165) is 0 Å². The van der Waals surface area contributed by atoms with E-state index in [0.29, 0.717) is 37.6 Å². The molecule has 0 aromatic carbocycles. The molecule has 0 amide bonds. The van der Waals surface area contributed by atoms with Gasteiger partial charge >= 0.3 is 0 Å². The smallest absolute Gasteiger partial charge is 0.202 e. The Hall–Kier alpha value is -1.42. The van der Waals surface area contributed by atoms with Crippen molar-refractivity contribution in [2.75, 3.05) is 26.3 Å². The molecule has 2 aliphatic rings. The Morgan fingerprint density at radius 3 is 2.47 bits per heavy atom. The fraction of sp³-hybridized carbons (Fsp3) is 0.455. The molecule has 2 rings (SSSR count). The average Bonchev–Trinajstić information content (AvgIpc) is 2.25. The molecule has 1 heterocycles. The van der Waals surface area contributed by atoms with Gasteiger partial charge in [0.1, 0.15) is 0 Å². The van der Waals surface area contributed by atoms with Crippen molar-refractivity contribution in [3.63, 3.8) is 0 Å². The molecule has 1 saturated heterocycles. The highest BCUT2D eigenvalue weighted by molar-refractivity contribution is 6.19. The van der Waals surface area contributed by atoms with Gasteiger partial charge in [-0.05, 0) is 13.0 Å². The first-order valence-electron chi connectivity index (χ1n) is 5.00. The monoisotopic (exact) mass is 207 g/mol. The van der Waals surface area contributed by atoms with Crippen LogP contribution in [0, 0.1) is 0 Å². The molecule has 0 aromatic heterocycles. The molecular weight excluding hydrogens is 194 g/mol. The summed E-state index contributed by atoms with van der Waals surface area (Å²) < 4.78 is 5.19. The van der Waals surface area contributed by atoms with Crippen LogP contribution >= 0.6 is 0 Å². The van der Waals surface area contributed by atoms with Gasteiger partial charge < -0.3 is 9.64 Å². The second-order valence-corrected chi connectivity index (χ2v) is 3.68. The van der Waals surface area contributed by atoms with Crippen LogP contribution in [0.5, 0.6) is 0 Å². The van der Waals surface area contributed by atoms with E-state index in [1.165, 1.54) is 12.2 Å². The van der Waals surface area contributed by atoms with E-state index in [1.807, 2.05) is 4.90 Å². The Bertz CT molecular complexity index is 362. The van der Waals surface area contributed by atoms with Crippen molar-refractivity contribution in [2.45, 2.75) is 6.92 Å². The van der Waals surface area contributed by atoms with Gasteiger partial charge in [0.15, 0.2) is 5.78 Å². The molecule has 0 unspecified atom stereocenters. The Morgan fingerprint density at radius 2 is 1.80 bits per heavy atom. The van der Waals surface area contributed by atoms with Crippen LogP contribution in [0.1, 0.15) is 6.92 Å². The maximum Gasteiger partial charge on any atom is 0.202 e. The fourth-order valence-corrected chi connectivity index (χ4v) is 1.70. The highest BCUT2D eigenvalue weighted by atomic mass is 16.5. The van der Waals surface area contributed by atoms with Crippen LogP contribution in [0.25, 0.3) is 0 Å². The number of ketones is 2. The zero-order valence-corrected chi connectivity index (χ0v) is 8.66. The van der Waals surface area contributed by atoms with Crippen LogP contribution in [0.4, 0.5) is 0 Å². The van der Waals surface area contributed by atoms with E-state index in [9.17, 15) is 9.59 Å². The highest BCUT2D eigenvalue weighted by Gasteiger charge is 2.23. The maximum atomic E-state index is 11.7. The van der Waals surface area contributed by atoms with E-state index in [2.05, 4.69) is 0 Å². The van der Waals surface area contributed by atoms with Crippen LogP contribution in [0.15, 0.2) is 23.4 Å². The van der Waals surface area contributed by atoms with Gasteiger partial charge in [-0.25, -0.2) is 0 Å². The van der Waals surface area contributed by atoms with Crippen molar-refractivity contribution in [2.24, 2.45) is 0 Å². The summed E-state index contributed by atoms with van der Waals surface area (Å²) >= 11 is 0. The van der Waals surface area contributed by atoms with Crippen molar-refractivity contribution in [1.82, 2.24) is 4.90 Å². The van der Waals surface area contributed by atoms with Crippen molar-refractivity contribution in [3.05, 3.63) is 23.4 Å². The lowest BCUT2D eigenvalue weighted by Gasteiger charge is -2.30. The summed E-state index contributed by atoms with van der Waals surface area (Å²) in [5.41, 5.74) is 1.02. The lowest BCUT2D eigenvalue weighted by atomic mass is 10.0. The first-order chi connectivity index (χ1) is 7.18. The Labute approximate surface area is 88.2 Å². The molecule has 0 N–H and O–H groups in total. The van der Waals surface area contributed by atoms with Gasteiger partial charge in [-0.2, -0.15) is 0 Å². The zero-order chi connectivity index (χ0) is 10.8. The summed E-state index contributed by atoms with van der Waals surface area (Å²) in [6.07, 6.45) is 2.84. The van der Waals surface area contributed by atoms with Crippen LogP contribution in [-0.4, -0.2) is 42.8 Å². The molecule has 0 saturated carbocycles. The highest BCUT2D eigenvalue weighted by Crippen LogP contribution is 2.16. The topological polar surface area (TPSA) is 46.6 Å². The van der Waals surface area contributed by atoms with Gasteiger partial charge in [-0.15, -0.1) is 0 Å². The Kier molecular flexibility index (Phi) is 2.68. The fourth-order valence-electron chi connectivity index (χ4n) is 1.70. The van der Waals surface area contributed by atoms with Gasteiger partial charge in [-0.1, -0.05) is 0 Å². The molecule has 4 nitrogen and oxygen atoms in total. The number of rotatable bonds is 1. The zero-order valence-electron chi connectivity index (χ0n) is 8.66. The largest absolute Gasteiger partial charge is 0.378 e. The third-order valence-corrected chi connectivity index (χ3v) is 2.61. The minimum absolute atomic E-state index is 0.0731. The number of hydrogen-bond donors (Lipinski definition) is 0. The molecule has 0 bridgehead atoms.